The van der Waals surface area contributed by atoms with Crippen molar-refractivity contribution in [3.05, 3.63) is 0 Å². The molecule has 4 nitrogen and oxygen atoms in total. The Morgan fingerprint density at radius 2 is 1.87 bits per heavy atom. The molecule has 1 saturated carbocycles. The fourth-order valence-electron chi connectivity index (χ4n) is 2.23. The van der Waals surface area contributed by atoms with Gasteiger partial charge in [-0.2, -0.15) is 0 Å². The number of aliphatic hydroxyl groups excluding tert-OH is 1. The third-order valence-corrected chi connectivity index (χ3v) is 3.08. The third-order valence-electron chi connectivity index (χ3n) is 3.08. The lowest BCUT2D eigenvalue weighted by Gasteiger charge is -2.27. The van der Waals surface area contributed by atoms with E-state index in [0.29, 0.717) is 5.92 Å². The molecule has 0 amide bonds. The maximum absolute atomic E-state index is 10.3. The smallest absolute Gasteiger partial charge is 0.450 e. The Morgan fingerprint density at radius 1 is 1.20 bits per heavy atom. The predicted octanol–water partition coefficient (Wildman–Crippen LogP) is 2.40. The van der Waals surface area contributed by atoms with Crippen LogP contribution in [0.3, 0.4) is 0 Å². The monoisotopic (exact) mass is 216 g/mol. The van der Waals surface area contributed by atoms with E-state index >= 15 is 0 Å². The van der Waals surface area contributed by atoms with Crippen molar-refractivity contribution in [2.24, 2.45) is 5.92 Å². The molecule has 0 aromatic carbocycles. The van der Waals surface area contributed by atoms with Gasteiger partial charge in [0.2, 0.25) is 0 Å². The molecule has 1 aliphatic carbocycles. The van der Waals surface area contributed by atoms with Crippen molar-refractivity contribution in [2.45, 2.75) is 51.0 Å². The van der Waals surface area contributed by atoms with Gasteiger partial charge in [0.25, 0.3) is 0 Å². The summed E-state index contributed by atoms with van der Waals surface area (Å²) >= 11 is 0. The predicted molar refractivity (Wildman–Crippen MR) is 55.8 cm³/mol. The number of rotatable bonds is 5. The zero-order valence-corrected chi connectivity index (χ0v) is 9.02. The van der Waals surface area contributed by atoms with Gasteiger partial charge in [-0.05, 0) is 38.0 Å². The molecule has 2 N–H and O–H groups in total. The molecule has 15 heavy (non-hydrogen) atoms. The molecule has 1 rings (SSSR count). The van der Waals surface area contributed by atoms with Crippen molar-refractivity contribution in [1.29, 1.82) is 0 Å². The van der Waals surface area contributed by atoms with Crippen LogP contribution in [0, 0.1) is 5.92 Å². The number of ether oxygens (including phenoxy) is 1. The largest absolute Gasteiger partial charge is 0.506 e. The molecule has 0 aliphatic heterocycles. The highest BCUT2D eigenvalue weighted by molar-refractivity contribution is 5.57. The number of aliphatic hydroxyl groups is 1. The van der Waals surface area contributed by atoms with Gasteiger partial charge in [0.05, 0.1) is 0 Å². The van der Waals surface area contributed by atoms with Gasteiger partial charge in [-0.25, -0.2) is 4.79 Å². The lowest BCUT2D eigenvalue weighted by atomic mass is 9.84. The van der Waals surface area contributed by atoms with E-state index in [0.717, 1.165) is 44.9 Å². The Balaban J connectivity index is 2.10. The third kappa shape index (κ3) is 5.02. The molecular weight excluding hydrogens is 196 g/mol. The van der Waals surface area contributed by atoms with Crippen LogP contribution < -0.4 is 0 Å². The lowest BCUT2D eigenvalue weighted by Crippen LogP contribution is -2.23. The van der Waals surface area contributed by atoms with Gasteiger partial charge in [-0.3, -0.25) is 0 Å². The Morgan fingerprint density at radius 3 is 2.40 bits per heavy atom. The summed E-state index contributed by atoms with van der Waals surface area (Å²) in [5, 5.41) is 17.1. The molecule has 0 unspecified atom stereocenters. The maximum Gasteiger partial charge on any atom is 0.506 e. The van der Waals surface area contributed by atoms with Crippen LogP contribution in [0.4, 0.5) is 4.79 Å². The van der Waals surface area contributed by atoms with Gasteiger partial charge in [0, 0.05) is 6.61 Å². The second-order valence-corrected chi connectivity index (χ2v) is 4.25. The molecule has 1 fully saturated rings. The normalized spacial score (nSPS) is 26.2. The van der Waals surface area contributed by atoms with Crippen LogP contribution >= 0.6 is 0 Å². The SMILES string of the molecule is O=C(O)OC1CCC(CCCCO)CC1. The molecule has 0 radical (unpaired) electrons. The first-order chi connectivity index (χ1) is 7.22. The van der Waals surface area contributed by atoms with Crippen LogP contribution in [0.5, 0.6) is 0 Å². The molecule has 0 saturated heterocycles. The molecule has 0 aromatic heterocycles. The quantitative estimate of drug-likeness (QED) is 0.547. The fraction of sp³-hybridized carbons (Fsp3) is 0.909. The highest BCUT2D eigenvalue weighted by Gasteiger charge is 2.23. The molecule has 0 atom stereocenters. The summed E-state index contributed by atoms with van der Waals surface area (Å²) in [6.45, 7) is 0.275. The molecule has 0 bridgehead atoms. The van der Waals surface area contributed by atoms with E-state index in [-0.39, 0.29) is 12.7 Å². The molecule has 88 valence electrons. The first kappa shape index (κ1) is 12.3. The van der Waals surface area contributed by atoms with E-state index in [1.165, 1.54) is 0 Å². The van der Waals surface area contributed by atoms with Gasteiger partial charge in [-0.1, -0.05) is 12.8 Å². The summed E-state index contributed by atoms with van der Waals surface area (Å²) in [4.78, 5) is 10.3. The topological polar surface area (TPSA) is 66.8 Å². The minimum Gasteiger partial charge on any atom is -0.450 e. The summed E-state index contributed by atoms with van der Waals surface area (Å²) in [6, 6.07) is 0. The van der Waals surface area contributed by atoms with Gasteiger partial charge in [0.15, 0.2) is 0 Å². The highest BCUT2D eigenvalue weighted by atomic mass is 16.7. The minimum absolute atomic E-state index is 0.0865. The lowest BCUT2D eigenvalue weighted by molar-refractivity contribution is 0.0274. The van der Waals surface area contributed by atoms with Crippen molar-refractivity contribution in [3.63, 3.8) is 0 Å². The van der Waals surface area contributed by atoms with Crippen LogP contribution in [0.1, 0.15) is 44.9 Å². The van der Waals surface area contributed by atoms with Crippen molar-refractivity contribution >= 4 is 6.16 Å². The molecule has 4 heteroatoms. The van der Waals surface area contributed by atoms with Gasteiger partial charge in [-0.15, -0.1) is 0 Å². The summed E-state index contributed by atoms with van der Waals surface area (Å²) in [5.41, 5.74) is 0. The van der Waals surface area contributed by atoms with Crippen LogP contribution in [0.2, 0.25) is 0 Å². The summed E-state index contributed by atoms with van der Waals surface area (Å²) in [5.74, 6) is 0.699. The van der Waals surface area contributed by atoms with Crippen molar-refractivity contribution in [1.82, 2.24) is 0 Å². The number of unbranched alkanes of at least 4 members (excludes halogenated alkanes) is 1. The van der Waals surface area contributed by atoms with E-state index in [2.05, 4.69) is 0 Å². The van der Waals surface area contributed by atoms with Crippen molar-refractivity contribution < 1.29 is 19.7 Å². The van der Waals surface area contributed by atoms with Crippen LogP contribution in [-0.2, 0) is 4.74 Å². The molecule has 0 aromatic rings. The Labute approximate surface area is 90.2 Å². The number of carbonyl (C=O) groups is 1. The molecular formula is C11H20O4. The maximum atomic E-state index is 10.3. The van der Waals surface area contributed by atoms with Crippen LogP contribution in [-0.4, -0.2) is 29.1 Å². The van der Waals surface area contributed by atoms with Gasteiger partial charge in [0.1, 0.15) is 6.10 Å². The Hall–Kier alpha value is -0.770. The molecule has 1 aliphatic rings. The van der Waals surface area contributed by atoms with Gasteiger partial charge >= 0.3 is 6.16 Å². The van der Waals surface area contributed by atoms with E-state index < -0.39 is 6.16 Å². The van der Waals surface area contributed by atoms with E-state index in [1.807, 2.05) is 0 Å². The number of hydrogen-bond acceptors (Lipinski definition) is 3. The molecule has 0 heterocycles. The minimum atomic E-state index is -1.15. The number of hydrogen-bond donors (Lipinski definition) is 2. The Bertz CT molecular complexity index is 185. The average molecular weight is 216 g/mol. The first-order valence-electron chi connectivity index (χ1n) is 5.73. The summed E-state index contributed by atoms with van der Waals surface area (Å²) < 4.78 is 4.74. The van der Waals surface area contributed by atoms with Crippen LogP contribution in [0.15, 0.2) is 0 Å². The Kier molecular flexibility index (Phi) is 5.47. The van der Waals surface area contributed by atoms with Crippen molar-refractivity contribution in [3.8, 4) is 0 Å². The summed E-state index contributed by atoms with van der Waals surface area (Å²) in [7, 11) is 0. The highest BCUT2D eigenvalue weighted by Crippen LogP contribution is 2.29. The second-order valence-electron chi connectivity index (χ2n) is 4.25. The fourth-order valence-corrected chi connectivity index (χ4v) is 2.23. The van der Waals surface area contributed by atoms with E-state index in [4.69, 9.17) is 14.9 Å². The first-order valence-corrected chi connectivity index (χ1v) is 5.73. The standard InChI is InChI=1S/C11H20O4/c12-8-2-1-3-9-4-6-10(7-5-9)15-11(13)14/h9-10,12H,1-8H2,(H,13,14). The molecule has 0 spiro atoms. The summed E-state index contributed by atoms with van der Waals surface area (Å²) in [6.07, 6.45) is 5.70. The second kappa shape index (κ2) is 6.67. The zero-order valence-electron chi connectivity index (χ0n) is 9.02. The average Bonchev–Trinajstić information content (AvgIpc) is 2.20. The van der Waals surface area contributed by atoms with E-state index in [1.54, 1.807) is 0 Å². The number of carboxylic acid groups (broad SMARTS) is 1. The van der Waals surface area contributed by atoms with Crippen LogP contribution in [0.25, 0.3) is 0 Å². The van der Waals surface area contributed by atoms with E-state index in [9.17, 15) is 4.79 Å². The van der Waals surface area contributed by atoms with Gasteiger partial charge < -0.3 is 14.9 Å². The zero-order chi connectivity index (χ0) is 11.1. The van der Waals surface area contributed by atoms with Crippen molar-refractivity contribution in [2.75, 3.05) is 6.61 Å².